The quantitative estimate of drug-likeness (QED) is 0.564. The van der Waals surface area contributed by atoms with Crippen molar-refractivity contribution in [2.24, 2.45) is 0 Å². The van der Waals surface area contributed by atoms with E-state index in [9.17, 15) is 0 Å². The molecule has 5 heteroatoms. The summed E-state index contributed by atoms with van der Waals surface area (Å²) in [5, 5.41) is 0. The third-order valence-corrected chi connectivity index (χ3v) is 4.90. The molecule has 0 N–H and O–H groups in total. The minimum atomic E-state index is 0. The van der Waals surface area contributed by atoms with E-state index in [-0.39, 0.29) is 22.4 Å². The number of rotatable bonds is 3. The summed E-state index contributed by atoms with van der Waals surface area (Å²) >= 11 is 0. The molecule has 1 aromatic carbocycles. The van der Waals surface area contributed by atoms with Crippen molar-refractivity contribution in [3.63, 3.8) is 0 Å². The Morgan fingerprint density at radius 2 is 1.96 bits per heavy atom. The van der Waals surface area contributed by atoms with Gasteiger partial charge >= 0.3 is 0 Å². The molecule has 0 spiro atoms. The predicted molar refractivity (Wildman–Crippen MR) is 95.9 cm³/mol. The van der Waals surface area contributed by atoms with Crippen molar-refractivity contribution >= 4 is 17.1 Å². The van der Waals surface area contributed by atoms with Crippen molar-refractivity contribution in [1.82, 2.24) is 4.98 Å². The van der Waals surface area contributed by atoms with E-state index in [1.165, 1.54) is 5.56 Å². The summed E-state index contributed by atoms with van der Waals surface area (Å²) in [7, 11) is 2.29. The average Bonchev–Trinajstić information content (AvgIpc) is 2.90. The van der Waals surface area contributed by atoms with Crippen LogP contribution in [0.5, 0.6) is 0 Å². The Labute approximate surface area is 155 Å². The van der Waals surface area contributed by atoms with Crippen LogP contribution < -0.4 is 21.9 Å². The molecule has 0 atom stereocenters. The average molecular weight is 394 g/mol. The Kier molecular flexibility index (Phi) is 5.45. The summed E-state index contributed by atoms with van der Waals surface area (Å²) in [6.07, 6.45) is 2.02. The van der Waals surface area contributed by atoms with E-state index in [0.29, 0.717) is 0 Å². The molecular formula is C19H28BrN3O. The summed E-state index contributed by atoms with van der Waals surface area (Å²) < 4.78 is 7.04. The lowest BCUT2D eigenvalue weighted by atomic mass is 9.87. The van der Waals surface area contributed by atoms with Crippen molar-refractivity contribution in [2.45, 2.75) is 26.2 Å². The van der Waals surface area contributed by atoms with Crippen LogP contribution >= 0.6 is 0 Å². The van der Waals surface area contributed by atoms with Crippen LogP contribution in [0.4, 0.5) is 6.01 Å². The van der Waals surface area contributed by atoms with Gasteiger partial charge in [-0.15, -0.1) is 0 Å². The number of halogens is 1. The Morgan fingerprint density at radius 3 is 2.54 bits per heavy atom. The Balaban J connectivity index is 0.00000208. The van der Waals surface area contributed by atoms with Crippen LogP contribution in [0.25, 0.3) is 11.1 Å². The standard InChI is InChI=1S/C19H28N3O.BrH/c1-6-11-22(5)12-9-21(10-13-22)18-20-16-14-15(19(2,3)4)7-8-17(16)23-18;/h6-8,14H,1,9-13H2,2-5H3;1H/q+1;/p-1. The molecule has 1 aliphatic rings. The third kappa shape index (κ3) is 3.83. The van der Waals surface area contributed by atoms with E-state index < -0.39 is 0 Å². The fraction of sp³-hybridized carbons (Fsp3) is 0.526. The van der Waals surface area contributed by atoms with E-state index in [1.807, 2.05) is 12.1 Å². The first-order valence-corrected chi connectivity index (χ1v) is 8.41. The highest BCUT2D eigenvalue weighted by Crippen LogP contribution is 2.29. The first-order chi connectivity index (χ1) is 10.8. The summed E-state index contributed by atoms with van der Waals surface area (Å²) in [4.78, 5) is 7.00. The summed E-state index contributed by atoms with van der Waals surface area (Å²) in [5.74, 6) is 0. The van der Waals surface area contributed by atoms with Crippen LogP contribution in [-0.4, -0.2) is 49.2 Å². The minimum absolute atomic E-state index is 0. The summed E-state index contributed by atoms with van der Waals surface area (Å²) in [6, 6.07) is 7.11. The molecule has 0 saturated carbocycles. The van der Waals surface area contributed by atoms with Gasteiger partial charge in [-0.25, -0.2) is 0 Å². The highest BCUT2D eigenvalue weighted by molar-refractivity contribution is 5.75. The van der Waals surface area contributed by atoms with E-state index in [4.69, 9.17) is 9.40 Å². The molecule has 0 aliphatic carbocycles. The SMILES string of the molecule is C=CC[N+]1(C)CCN(c2nc3cc(C(C)(C)C)ccc3o2)CC1.[Br-]. The van der Waals surface area contributed by atoms with Crippen LogP contribution in [0.15, 0.2) is 35.3 Å². The smallest absolute Gasteiger partial charge is 0.298 e. The topological polar surface area (TPSA) is 29.3 Å². The Bertz CT molecular complexity index is 709. The van der Waals surface area contributed by atoms with E-state index >= 15 is 0 Å². The van der Waals surface area contributed by atoms with Gasteiger partial charge in [0.2, 0.25) is 0 Å². The molecule has 2 aromatic rings. The fourth-order valence-electron chi connectivity index (χ4n) is 3.15. The van der Waals surface area contributed by atoms with Gasteiger partial charge in [0.1, 0.15) is 5.52 Å². The van der Waals surface area contributed by atoms with Crippen molar-refractivity contribution < 1.29 is 25.9 Å². The van der Waals surface area contributed by atoms with E-state index in [0.717, 1.165) is 54.3 Å². The second-order valence-electron chi connectivity index (χ2n) is 7.95. The van der Waals surface area contributed by atoms with Gasteiger partial charge in [0.05, 0.1) is 39.8 Å². The lowest BCUT2D eigenvalue weighted by molar-refractivity contribution is -0.904. The molecule has 0 unspecified atom stereocenters. The molecule has 1 aromatic heterocycles. The molecule has 132 valence electrons. The van der Waals surface area contributed by atoms with Crippen LogP contribution in [0.1, 0.15) is 26.3 Å². The number of hydrogen-bond donors (Lipinski definition) is 0. The van der Waals surface area contributed by atoms with Crippen molar-refractivity contribution in [2.75, 3.05) is 44.7 Å². The van der Waals surface area contributed by atoms with Gasteiger partial charge in [0.15, 0.2) is 5.58 Å². The highest BCUT2D eigenvalue weighted by Gasteiger charge is 2.29. The van der Waals surface area contributed by atoms with Gasteiger partial charge in [-0.1, -0.05) is 33.4 Å². The molecule has 3 rings (SSSR count). The highest BCUT2D eigenvalue weighted by atomic mass is 79.9. The van der Waals surface area contributed by atoms with Crippen LogP contribution in [0.2, 0.25) is 0 Å². The number of quaternary nitrogens is 1. The van der Waals surface area contributed by atoms with Gasteiger partial charge in [-0.05, 0) is 29.2 Å². The molecule has 1 aliphatic heterocycles. The zero-order chi connectivity index (χ0) is 16.7. The number of nitrogens with zero attached hydrogens (tertiary/aromatic N) is 3. The van der Waals surface area contributed by atoms with Crippen LogP contribution in [0.3, 0.4) is 0 Å². The maximum atomic E-state index is 5.99. The van der Waals surface area contributed by atoms with Crippen molar-refractivity contribution in [3.8, 4) is 0 Å². The maximum absolute atomic E-state index is 5.99. The number of hydrogen-bond acceptors (Lipinski definition) is 3. The Morgan fingerprint density at radius 1 is 1.29 bits per heavy atom. The fourth-order valence-corrected chi connectivity index (χ4v) is 3.15. The normalized spacial score (nSPS) is 17.6. The lowest BCUT2D eigenvalue weighted by Gasteiger charge is -2.40. The zero-order valence-electron chi connectivity index (χ0n) is 15.2. The largest absolute Gasteiger partial charge is 1.00 e. The molecule has 2 heterocycles. The van der Waals surface area contributed by atoms with E-state index in [2.05, 4.69) is 51.4 Å². The maximum Gasteiger partial charge on any atom is 0.298 e. The first-order valence-electron chi connectivity index (χ1n) is 8.41. The second kappa shape index (κ2) is 6.89. The number of anilines is 1. The lowest BCUT2D eigenvalue weighted by Crippen LogP contribution is -3.00. The zero-order valence-corrected chi connectivity index (χ0v) is 16.8. The van der Waals surface area contributed by atoms with Gasteiger partial charge in [0.25, 0.3) is 6.01 Å². The molecule has 0 bridgehead atoms. The van der Waals surface area contributed by atoms with Crippen LogP contribution in [-0.2, 0) is 5.41 Å². The molecule has 0 amide bonds. The monoisotopic (exact) mass is 393 g/mol. The molecule has 24 heavy (non-hydrogen) atoms. The van der Waals surface area contributed by atoms with Gasteiger partial charge in [-0.2, -0.15) is 4.98 Å². The number of aromatic nitrogens is 1. The molecule has 1 fully saturated rings. The van der Waals surface area contributed by atoms with Crippen molar-refractivity contribution in [3.05, 3.63) is 36.4 Å². The minimum Gasteiger partial charge on any atom is -1.00 e. The number of likely N-dealkylation sites (N-methyl/N-ethyl adjacent to an activating group) is 1. The molecule has 1 saturated heterocycles. The molecular weight excluding hydrogens is 366 g/mol. The van der Waals surface area contributed by atoms with Crippen molar-refractivity contribution in [1.29, 1.82) is 0 Å². The van der Waals surface area contributed by atoms with Crippen LogP contribution in [0, 0.1) is 0 Å². The Hall–Kier alpha value is -1.33. The molecule has 0 radical (unpaired) electrons. The van der Waals surface area contributed by atoms with Gasteiger partial charge < -0.3 is 30.8 Å². The summed E-state index contributed by atoms with van der Waals surface area (Å²) in [6.45, 7) is 15.7. The molecule has 4 nitrogen and oxygen atoms in total. The number of benzene rings is 1. The number of oxazole rings is 1. The predicted octanol–water partition coefficient (Wildman–Crippen LogP) is 0.582. The first kappa shape index (κ1) is 19.0. The number of piperazine rings is 1. The van der Waals surface area contributed by atoms with Gasteiger partial charge in [0, 0.05) is 0 Å². The number of fused-ring (bicyclic) bond motifs is 1. The van der Waals surface area contributed by atoms with E-state index in [1.54, 1.807) is 0 Å². The second-order valence-corrected chi connectivity index (χ2v) is 7.95. The van der Waals surface area contributed by atoms with Gasteiger partial charge in [-0.3, -0.25) is 0 Å². The third-order valence-electron chi connectivity index (χ3n) is 4.90. The summed E-state index contributed by atoms with van der Waals surface area (Å²) in [5.41, 5.74) is 3.25.